The number of nitrogens with zero attached hydrogens (tertiary/aromatic N) is 4. The number of aromatic nitrogens is 2. The average Bonchev–Trinajstić information content (AvgIpc) is 2.75. The molecule has 32 heavy (non-hydrogen) atoms. The minimum Gasteiger partial charge on any atom is -0.431 e. The highest BCUT2D eigenvalue weighted by molar-refractivity contribution is 7.92. The average molecular weight is 458 g/mol. The van der Waals surface area contributed by atoms with Gasteiger partial charge in [-0.1, -0.05) is 25.6 Å². The van der Waals surface area contributed by atoms with Gasteiger partial charge in [0.25, 0.3) is 11.8 Å². The van der Waals surface area contributed by atoms with Gasteiger partial charge in [0.1, 0.15) is 5.69 Å². The summed E-state index contributed by atoms with van der Waals surface area (Å²) in [4.78, 5) is 23.1. The van der Waals surface area contributed by atoms with Crippen LogP contribution in [0, 0.1) is 12.8 Å². The number of sulfone groups is 1. The minimum absolute atomic E-state index is 0.0808. The maximum atomic E-state index is 12.4. The molecule has 1 amide bonds. The molecule has 170 valence electrons. The largest absolute Gasteiger partial charge is 0.431 e. The van der Waals surface area contributed by atoms with E-state index in [-0.39, 0.29) is 28.2 Å². The minimum atomic E-state index is -3.38. The zero-order valence-corrected chi connectivity index (χ0v) is 19.4. The summed E-state index contributed by atoms with van der Waals surface area (Å²) < 4.78 is 30.2. The number of amides is 1. The van der Waals surface area contributed by atoms with Crippen molar-refractivity contribution in [3.63, 3.8) is 0 Å². The molecule has 0 bridgehead atoms. The number of hydrazone groups is 1. The van der Waals surface area contributed by atoms with Crippen LogP contribution in [0.1, 0.15) is 32.2 Å². The van der Waals surface area contributed by atoms with Gasteiger partial charge in [0.15, 0.2) is 15.6 Å². The van der Waals surface area contributed by atoms with Crippen molar-refractivity contribution in [3.05, 3.63) is 54.2 Å². The van der Waals surface area contributed by atoms with Crippen molar-refractivity contribution in [2.45, 2.75) is 37.8 Å². The summed E-state index contributed by atoms with van der Waals surface area (Å²) in [5.74, 6) is 5.45. The van der Waals surface area contributed by atoms with E-state index in [0.717, 1.165) is 0 Å². The van der Waals surface area contributed by atoms with Crippen molar-refractivity contribution in [2.75, 3.05) is 13.1 Å². The lowest BCUT2D eigenvalue weighted by molar-refractivity contribution is -0.135. The van der Waals surface area contributed by atoms with E-state index in [2.05, 4.69) is 28.6 Å². The van der Waals surface area contributed by atoms with Crippen molar-refractivity contribution in [2.24, 2.45) is 16.9 Å². The van der Waals surface area contributed by atoms with Crippen molar-refractivity contribution in [3.8, 4) is 11.3 Å². The van der Waals surface area contributed by atoms with Crippen molar-refractivity contribution < 1.29 is 17.9 Å². The summed E-state index contributed by atoms with van der Waals surface area (Å²) >= 11 is 0. The highest BCUT2D eigenvalue weighted by Crippen LogP contribution is 2.23. The Hall–Kier alpha value is -3.27. The van der Waals surface area contributed by atoms with Gasteiger partial charge in [-0.3, -0.25) is 9.78 Å². The smallest absolute Gasteiger partial charge is 0.289 e. The fraction of sp³-hybridized carbons (Fsp3) is 0.364. The number of carbonyl (C=O) groups is 1. The summed E-state index contributed by atoms with van der Waals surface area (Å²) in [5.41, 5.74) is 1.88. The van der Waals surface area contributed by atoms with Crippen molar-refractivity contribution >= 4 is 21.6 Å². The first-order valence-corrected chi connectivity index (χ1v) is 11.7. The van der Waals surface area contributed by atoms with E-state index in [1.165, 1.54) is 12.1 Å². The predicted octanol–water partition coefficient (Wildman–Crippen LogP) is 2.26. The fourth-order valence-electron chi connectivity index (χ4n) is 3.22. The Balaban J connectivity index is 1.84. The standard InChI is InChI=1S/C22H27N5O4S/c1-13(2)32(29,30)18-8-6-17(7-9-18)19-10-24-15(4)20(25-19)21(26-23)31-16(5)22(28)27-11-14(3)12-27/h6-10,13-14H,5,11-12,23H2,1-4H3/b26-21-. The molecule has 9 nitrogen and oxygen atoms in total. The van der Waals surface area contributed by atoms with Gasteiger partial charge < -0.3 is 15.5 Å². The first-order valence-electron chi connectivity index (χ1n) is 10.2. The number of hydrogen-bond acceptors (Lipinski definition) is 8. The van der Waals surface area contributed by atoms with Crippen LogP contribution in [0.4, 0.5) is 0 Å². The normalized spacial score (nSPS) is 14.9. The number of ether oxygens (including phenoxy) is 1. The molecule has 1 aromatic carbocycles. The van der Waals surface area contributed by atoms with E-state index in [9.17, 15) is 13.2 Å². The Morgan fingerprint density at radius 3 is 2.44 bits per heavy atom. The number of hydrogen-bond donors (Lipinski definition) is 1. The van der Waals surface area contributed by atoms with Crippen LogP contribution < -0.4 is 5.84 Å². The number of carbonyl (C=O) groups excluding carboxylic acids is 1. The van der Waals surface area contributed by atoms with Gasteiger partial charge in [0.2, 0.25) is 0 Å². The highest BCUT2D eigenvalue weighted by atomic mass is 32.2. The summed E-state index contributed by atoms with van der Waals surface area (Å²) in [6.45, 7) is 12.0. The van der Waals surface area contributed by atoms with Crippen LogP contribution in [0.2, 0.25) is 0 Å². The van der Waals surface area contributed by atoms with Gasteiger partial charge in [0.05, 0.1) is 27.7 Å². The van der Waals surface area contributed by atoms with Gasteiger partial charge in [-0.15, -0.1) is 5.10 Å². The zero-order chi connectivity index (χ0) is 23.6. The second kappa shape index (κ2) is 9.07. The van der Waals surface area contributed by atoms with Crippen LogP contribution in [-0.4, -0.2) is 53.4 Å². The molecule has 0 saturated carbocycles. The van der Waals surface area contributed by atoms with Crippen molar-refractivity contribution in [1.82, 2.24) is 14.9 Å². The second-order valence-corrected chi connectivity index (χ2v) is 10.6. The first-order chi connectivity index (χ1) is 15.0. The number of benzene rings is 1. The van der Waals surface area contributed by atoms with E-state index in [1.807, 2.05) is 0 Å². The maximum Gasteiger partial charge on any atom is 0.289 e. The summed E-state index contributed by atoms with van der Waals surface area (Å²) in [5, 5.41) is 3.12. The third-order valence-corrected chi connectivity index (χ3v) is 7.35. The molecule has 1 saturated heterocycles. The van der Waals surface area contributed by atoms with Crippen LogP contribution >= 0.6 is 0 Å². The molecular formula is C22H27N5O4S. The first kappa shape index (κ1) is 23.4. The summed E-state index contributed by atoms with van der Waals surface area (Å²) in [6.07, 6.45) is 1.56. The molecule has 2 aromatic rings. The van der Waals surface area contributed by atoms with Crippen LogP contribution in [0.5, 0.6) is 0 Å². The van der Waals surface area contributed by atoms with E-state index in [1.54, 1.807) is 44.0 Å². The van der Waals surface area contributed by atoms with E-state index < -0.39 is 15.1 Å². The Labute approximate surface area is 187 Å². The molecule has 2 heterocycles. The monoisotopic (exact) mass is 457 g/mol. The van der Waals surface area contributed by atoms with E-state index in [0.29, 0.717) is 36.0 Å². The lowest BCUT2D eigenvalue weighted by atomic mass is 10.0. The van der Waals surface area contributed by atoms with Crippen LogP contribution in [-0.2, 0) is 19.4 Å². The van der Waals surface area contributed by atoms with E-state index in [4.69, 9.17) is 10.6 Å². The lowest BCUT2D eigenvalue weighted by Crippen LogP contribution is -2.49. The number of likely N-dealkylation sites (tertiary alicyclic amines) is 1. The SMILES string of the molecule is C=C(O/C(=N\N)c1nc(-c2ccc(S(=O)(=O)C(C)C)cc2)cnc1C)C(=O)N1CC(C)C1. The van der Waals surface area contributed by atoms with Gasteiger partial charge in [-0.05, 0) is 38.8 Å². The molecule has 1 aromatic heterocycles. The summed E-state index contributed by atoms with van der Waals surface area (Å²) in [6, 6.07) is 6.39. The van der Waals surface area contributed by atoms with Gasteiger partial charge in [0, 0.05) is 18.7 Å². The highest BCUT2D eigenvalue weighted by Gasteiger charge is 2.30. The quantitative estimate of drug-likeness (QED) is 0.176. The molecule has 0 radical (unpaired) electrons. The zero-order valence-electron chi connectivity index (χ0n) is 18.6. The fourth-order valence-corrected chi connectivity index (χ4v) is 4.28. The van der Waals surface area contributed by atoms with Crippen LogP contribution in [0.3, 0.4) is 0 Å². The molecule has 1 fully saturated rings. The molecule has 2 N–H and O–H groups in total. The molecule has 0 atom stereocenters. The third kappa shape index (κ3) is 4.64. The van der Waals surface area contributed by atoms with Crippen LogP contribution in [0.15, 0.2) is 52.8 Å². The number of nitrogens with two attached hydrogens (primary N) is 1. The maximum absolute atomic E-state index is 12.4. The molecule has 1 aliphatic rings. The van der Waals surface area contributed by atoms with Gasteiger partial charge in [-0.25, -0.2) is 13.4 Å². The predicted molar refractivity (Wildman–Crippen MR) is 121 cm³/mol. The van der Waals surface area contributed by atoms with Crippen molar-refractivity contribution in [1.29, 1.82) is 0 Å². The molecule has 0 spiro atoms. The number of aryl methyl sites for hydroxylation is 1. The topological polar surface area (TPSA) is 128 Å². The Morgan fingerprint density at radius 2 is 1.91 bits per heavy atom. The van der Waals surface area contributed by atoms with Gasteiger partial charge in [-0.2, -0.15) is 0 Å². The Morgan fingerprint density at radius 1 is 1.28 bits per heavy atom. The Kier molecular flexibility index (Phi) is 6.63. The molecule has 0 unspecified atom stereocenters. The van der Waals surface area contributed by atoms with E-state index >= 15 is 0 Å². The molecule has 10 heteroatoms. The lowest BCUT2D eigenvalue weighted by Gasteiger charge is -2.37. The van der Waals surface area contributed by atoms with Gasteiger partial charge >= 0.3 is 0 Å². The third-order valence-electron chi connectivity index (χ3n) is 5.18. The number of rotatable bonds is 6. The molecular weight excluding hydrogens is 430 g/mol. The molecule has 1 aliphatic heterocycles. The molecule has 0 aliphatic carbocycles. The van der Waals surface area contributed by atoms with Crippen LogP contribution in [0.25, 0.3) is 11.3 Å². The second-order valence-electron chi connectivity index (χ2n) is 8.08. The summed E-state index contributed by atoms with van der Waals surface area (Å²) in [7, 11) is -3.38. The Bertz CT molecular complexity index is 1170. The molecule has 3 rings (SSSR count).